The minimum absolute atomic E-state index is 0.0409. The van der Waals surface area contributed by atoms with Crippen LogP contribution in [0, 0.1) is 5.92 Å². The topological polar surface area (TPSA) is 49.4 Å². The summed E-state index contributed by atoms with van der Waals surface area (Å²) in [6.45, 7) is 5.31. The molecule has 2 aromatic rings. The maximum atomic E-state index is 12.5. The van der Waals surface area contributed by atoms with E-state index < -0.39 is 0 Å². The molecule has 2 amide bonds. The lowest BCUT2D eigenvalue weighted by atomic mass is 10.0. The molecule has 4 nitrogen and oxygen atoms in total. The fourth-order valence-electron chi connectivity index (χ4n) is 3.10. The van der Waals surface area contributed by atoms with Crippen LogP contribution in [0.5, 0.6) is 0 Å². The maximum Gasteiger partial charge on any atom is 0.229 e. The minimum atomic E-state index is -0.291. The van der Waals surface area contributed by atoms with Crippen LogP contribution >= 0.6 is 0 Å². The highest BCUT2D eigenvalue weighted by atomic mass is 16.2. The first-order valence-corrected chi connectivity index (χ1v) is 8.75. The summed E-state index contributed by atoms with van der Waals surface area (Å²) in [5.74, 6) is 0.130. The van der Waals surface area contributed by atoms with Gasteiger partial charge in [-0.25, -0.2) is 0 Å². The van der Waals surface area contributed by atoms with Crippen molar-refractivity contribution in [2.45, 2.75) is 32.7 Å². The molecule has 4 heteroatoms. The molecule has 0 spiro atoms. The summed E-state index contributed by atoms with van der Waals surface area (Å²) >= 11 is 0. The summed E-state index contributed by atoms with van der Waals surface area (Å²) < 4.78 is 0. The SMILES string of the molecule is CC(C)c1ccc(NC(=O)C2CC(=O)N(Cc3ccccc3)C2)cc1. The van der Waals surface area contributed by atoms with Crippen LogP contribution in [-0.2, 0) is 16.1 Å². The van der Waals surface area contributed by atoms with Crippen LogP contribution in [0.3, 0.4) is 0 Å². The number of hydrogen-bond acceptors (Lipinski definition) is 2. The van der Waals surface area contributed by atoms with Crippen molar-refractivity contribution in [2.75, 3.05) is 11.9 Å². The van der Waals surface area contributed by atoms with Crippen LogP contribution < -0.4 is 5.32 Å². The van der Waals surface area contributed by atoms with Gasteiger partial charge in [-0.2, -0.15) is 0 Å². The number of nitrogens with one attached hydrogen (secondary N) is 1. The Bertz CT molecular complexity index is 738. The summed E-state index contributed by atoms with van der Waals surface area (Å²) in [6.07, 6.45) is 0.281. The lowest BCUT2D eigenvalue weighted by molar-refractivity contribution is -0.128. The third-order valence-corrected chi connectivity index (χ3v) is 4.65. The smallest absolute Gasteiger partial charge is 0.229 e. The molecule has 1 aliphatic heterocycles. The zero-order valence-corrected chi connectivity index (χ0v) is 14.7. The van der Waals surface area contributed by atoms with Gasteiger partial charge in [0.25, 0.3) is 0 Å². The lowest BCUT2D eigenvalue weighted by Crippen LogP contribution is -2.28. The quantitative estimate of drug-likeness (QED) is 0.903. The first-order chi connectivity index (χ1) is 12.0. The number of likely N-dealkylation sites (tertiary alicyclic amines) is 1. The number of hydrogen-bond donors (Lipinski definition) is 1. The minimum Gasteiger partial charge on any atom is -0.338 e. The Morgan fingerprint density at radius 3 is 2.44 bits per heavy atom. The van der Waals surface area contributed by atoms with E-state index in [1.54, 1.807) is 4.90 Å². The number of nitrogens with zero attached hydrogens (tertiary/aromatic N) is 1. The normalized spacial score (nSPS) is 17.2. The van der Waals surface area contributed by atoms with Gasteiger partial charge in [0.1, 0.15) is 0 Å². The van der Waals surface area contributed by atoms with E-state index in [4.69, 9.17) is 0 Å². The van der Waals surface area contributed by atoms with E-state index in [1.165, 1.54) is 5.56 Å². The van der Waals surface area contributed by atoms with Gasteiger partial charge >= 0.3 is 0 Å². The number of amides is 2. The van der Waals surface area contributed by atoms with Crippen LogP contribution in [-0.4, -0.2) is 23.3 Å². The summed E-state index contributed by atoms with van der Waals surface area (Å²) in [4.78, 5) is 26.5. The molecule has 1 heterocycles. The van der Waals surface area contributed by atoms with Crippen LogP contribution in [0.4, 0.5) is 5.69 Å². The average Bonchev–Trinajstić information content (AvgIpc) is 2.97. The average molecular weight is 336 g/mol. The van der Waals surface area contributed by atoms with Crippen molar-refractivity contribution >= 4 is 17.5 Å². The van der Waals surface area contributed by atoms with Crippen LogP contribution in [0.25, 0.3) is 0 Å². The van der Waals surface area contributed by atoms with Gasteiger partial charge in [-0.15, -0.1) is 0 Å². The fourth-order valence-corrected chi connectivity index (χ4v) is 3.10. The van der Waals surface area contributed by atoms with Gasteiger partial charge < -0.3 is 10.2 Å². The van der Waals surface area contributed by atoms with E-state index in [9.17, 15) is 9.59 Å². The highest BCUT2D eigenvalue weighted by molar-refractivity contribution is 5.97. The van der Waals surface area contributed by atoms with Crippen LogP contribution in [0.15, 0.2) is 54.6 Å². The predicted octanol–water partition coefficient (Wildman–Crippen LogP) is 3.80. The van der Waals surface area contributed by atoms with Crippen molar-refractivity contribution < 1.29 is 9.59 Å². The first-order valence-electron chi connectivity index (χ1n) is 8.75. The Hall–Kier alpha value is -2.62. The van der Waals surface area contributed by atoms with Gasteiger partial charge in [0.15, 0.2) is 0 Å². The van der Waals surface area contributed by atoms with Crippen molar-refractivity contribution in [1.29, 1.82) is 0 Å². The molecule has 0 radical (unpaired) electrons. The van der Waals surface area contributed by atoms with Crippen molar-refractivity contribution in [3.63, 3.8) is 0 Å². The van der Waals surface area contributed by atoms with Crippen LogP contribution in [0.2, 0.25) is 0 Å². The van der Waals surface area contributed by atoms with Crippen molar-refractivity contribution in [3.8, 4) is 0 Å². The van der Waals surface area contributed by atoms with Gasteiger partial charge in [-0.3, -0.25) is 9.59 Å². The summed E-state index contributed by atoms with van der Waals surface area (Å²) in [5, 5.41) is 2.94. The molecule has 1 atom stereocenters. The van der Waals surface area contributed by atoms with E-state index >= 15 is 0 Å². The van der Waals surface area contributed by atoms with E-state index in [0.29, 0.717) is 19.0 Å². The lowest BCUT2D eigenvalue weighted by Gasteiger charge is -2.16. The second kappa shape index (κ2) is 7.51. The van der Waals surface area contributed by atoms with E-state index in [1.807, 2.05) is 54.6 Å². The number of anilines is 1. The highest BCUT2D eigenvalue weighted by Gasteiger charge is 2.34. The second-order valence-corrected chi connectivity index (χ2v) is 6.93. The first kappa shape index (κ1) is 17.2. The molecule has 0 aliphatic carbocycles. The zero-order valence-electron chi connectivity index (χ0n) is 14.7. The van der Waals surface area contributed by atoms with Gasteiger partial charge in [-0.05, 0) is 29.2 Å². The van der Waals surface area contributed by atoms with Gasteiger partial charge in [0.2, 0.25) is 11.8 Å². The molecular formula is C21H24N2O2. The Morgan fingerprint density at radius 1 is 1.12 bits per heavy atom. The third kappa shape index (κ3) is 4.27. The Kier molecular flexibility index (Phi) is 5.17. The van der Waals surface area contributed by atoms with Gasteiger partial charge in [0.05, 0.1) is 5.92 Å². The van der Waals surface area contributed by atoms with Crippen molar-refractivity contribution in [1.82, 2.24) is 4.90 Å². The standard InChI is InChI=1S/C21H24N2O2/c1-15(2)17-8-10-19(11-9-17)22-21(25)18-12-20(24)23(14-18)13-16-6-4-3-5-7-16/h3-11,15,18H,12-14H2,1-2H3,(H,22,25). The van der Waals surface area contributed by atoms with E-state index in [0.717, 1.165) is 11.3 Å². The molecule has 1 N–H and O–H groups in total. The highest BCUT2D eigenvalue weighted by Crippen LogP contribution is 2.23. The monoisotopic (exact) mass is 336 g/mol. The summed E-state index contributed by atoms with van der Waals surface area (Å²) in [5.41, 5.74) is 3.10. The maximum absolute atomic E-state index is 12.5. The van der Waals surface area contributed by atoms with Crippen molar-refractivity contribution in [2.24, 2.45) is 5.92 Å². The van der Waals surface area contributed by atoms with Gasteiger partial charge in [0, 0.05) is 25.2 Å². The van der Waals surface area contributed by atoms with Crippen molar-refractivity contribution in [3.05, 3.63) is 65.7 Å². The molecule has 0 bridgehead atoms. The molecule has 1 unspecified atom stereocenters. The molecule has 1 fully saturated rings. The molecule has 0 aromatic heterocycles. The largest absolute Gasteiger partial charge is 0.338 e. The summed E-state index contributed by atoms with van der Waals surface area (Å²) in [6, 6.07) is 17.8. The summed E-state index contributed by atoms with van der Waals surface area (Å²) in [7, 11) is 0. The zero-order chi connectivity index (χ0) is 17.8. The predicted molar refractivity (Wildman–Crippen MR) is 99.1 cm³/mol. The molecule has 1 saturated heterocycles. The number of carbonyl (C=O) groups excluding carboxylic acids is 2. The molecule has 0 saturated carbocycles. The van der Waals surface area contributed by atoms with Crippen LogP contribution in [0.1, 0.15) is 37.3 Å². The number of benzene rings is 2. The molecule has 2 aromatic carbocycles. The second-order valence-electron chi connectivity index (χ2n) is 6.93. The van der Waals surface area contributed by atoms with E-state index in [2.05, 4.69) is 19.2 Å². The third-order valence-electron chi connectivity index (χ3n) is 4.65. The Labute approximate surface area is 148 Å². The Morgan fingerprint density at radius 2 is 1.80 bits per heavy atom. The molecule has 3 rings (SSSR count). The molecular weight excluding hydrogens is 312 g/mol. The molecule has 130 valence electrons. The number of carbonyl (C=O) groups is 2. The Balaban J connectivity index is 1.58. The molecule has 25 heavy (non-hydrogen) atoms. The number of rotatable bonds is 5. The van der Waals surface area contributed by atoms with E-state index in [-0.39, 0.29) is 24.2 Å². The molecule has 1 aliphatic rings. The fraction of sp³-hybridized carbons (Fsp3) is 0.333. The van der Waals surface area contributed by atoms with Gasteiger partial charge in [-0.1, -0.05) is 56.3 Å².